The molecule has 1 atom stereocenters. The third kappa shape index (κ3) is 3.81. The normalized spacial score (nSPS) is 17.3. The summed E-state index contributed by atoms with van der Waals surface area (Å²) in [4.78, 5) is 42.6. The van der Waals surface area contributed by atoms with Gasteiger partial charge in [-0.1, -0.05) is 20.8 Å². The minimum Gasteiger partial charge on any atom is -0.376 e. The van der Waals surface area contributed by atoms with E-state index in [-0.39, 0.29) is 35.0 Å². The molecule has 1 aliphatic rings. The highest BCUT2D eigenvalue weighted by atomic mass is 32.1. The first-order valence-corrected chi connectivity index (χ1v) is 10.9. The van der Waals surface area contributed by atoms with Crippen LogP contribution >= 0.6 is 11.3 Å². The number of H-pyrrole nitrogens is 1. The highest BCUT2D eigenvalue weighted by molar-refractivity contribution is 7.18. The summed E-state index contributed by atoms with van der Waals surface area (Å²) in [5.41, 5.74) is -0.328. The predicted octanol–water partition coefficient (Wildman–Crippen LogP) is 1.69. The maximum atomic E-state index is 13.4. The molecule has 1 fully saturated rings. The van der Waals surface area contributed by atoms with Gasteiger partial charge in [0.15, 0.2) is 0 Å². The van der Waals surface area contributed by atoms with E-state index >= 15 is 0 Å². The fourth-order valence-electron chi connectivity index (χ4n) is 3.89. The van der Waals surface area contributed by atoms with Crippen molar-refractivity contribution in [2.24, 2.45) is 5.41 Å². The zero-order chi connectivity index (χ0) is 21.6. The topological polar surface area (TPSA) is 104 Å². The molecule has 162 valence electrons. The van der Waals surface area contributed by atoms with Crippen LogP contribution in [0.4, 0.5) is 0 Å². The lowest BCUT2D eigenvalue weighted by molar-refractivity contribution is 0.0964. The average molecular weight is 434 g/mol. The third-order valence-corrected chi connectivity index (χ3v) is 6.65. The van der Waals surface area contributed by atoms with Gasteiger partial charge < -0.3 is 4.74 Å². The molecule has 1 saturated heterocycles. The lowest BCUT2D eigenvalue weighted by atomic mass is 9.97. The van der Waals surface area contributed by atoms with Crippen LogP contribution in [0.15, 0.2) is 20.7 Å². The number of ether oxygens (including phenoxy) is 1. The zero-order valence-corrected chi connectivity index (χ0v) is 18.5. The van der Waals surface area contributed by atoms with Crippen molar-refractivity contribution in [2.45, 2.75) is 66.3 Å². The van der Waals surface area contributed by atoms with E-state index < -0.39 is 0 Å². The molecular weight excluding hydrogens is 406 g/mol. The van der Waals surface area contributed by atoms with E-state index in [0.29, 0.717) is 29.9 Å². The molecule has 1 aliphatic heterocycles. The van der Waals surface area contributed by atoms with Crippen molar-refractivity contribution in [3.63, 3.8) is 0 Å². The Labute approximate surface area is 176 Å². The Morgan fingerprint density at radius 3 is 2.63 bits per heavy atom. The predicted molar refractivity (Wildman–Crippen MR) is 115 cm³/mol. The number of nitrogens with zero attached hydrogens (tertiary/aromatic N) is 4. The van der Waals surface area contributed by atoms with Crippen molar-refractivity contribution in [3.8, 4) is 0 Å². The lowest BCUT2D eigenvalue weighted by Gasteiger charge is -2.21. The number of hydrogen-bond acceptors (Lipinski definition) is 6. The van der Waals surface area contributed by atoms with Crippen LogP contribution in [-0.2, 0) is 24.4 Å². The molecule has 4 heterocycles. The molecule has 1 unspecified atom stereocenters. The number of aromatic nitrogens is 5. The van der Waals surface area contributed by atoms with Gasteiger partial charge in [-0.15, -0.1) is 11.3 Å². The molecule has 3 aromatic rings. The Bertz CT molecular complexity index is 1250. The van der Waals surface area contributed by atoms with Gasteiger partial charge in [-0.05, 0) is 30.7 Å². The van der Waals surface area contributed by atoms with Crippen LogP contribution in [0.2, 0.25) is 0 Å². The molecule has 30 heavy (non-hydrogen) atoms. The van der Waals surface area contributed by atoms with Crippen molar-refractivity contribution in [2.75, 3.05) is 6.61 Å². The number of aryl methyl sites for hydroxylation is 1. The van der Waals surface area contributed by atoms with Gasteiger partial charge in [-0.2, -0.15) is 5.10 Å². The minimum atomic E-state index is -0.311. The third-order valence-electron chi connectivity index (χ3n) is 5.35. The first-order valence-electron chi connectivity index (χ1n) is 10.1. The SMILES string of the molecule is Cc1c(Cn2nc[nH]c2=O)sc2c1c(=O)n(CC(C)(C)C)c(=O)n2CC1CCCO1. The second-order valence-corrected chi connectivity index (χ2v) is 10.1. The largest absolute Gasteiger partial charge is 0.376 e. The summed E-state index contributed by atoms with van der Waals surface area (Å²) in [6.07, 6.45) is 3.17. The molecule has 10 heteroatoms. The second-order valence-electron chi connectivity index (χ2n) is 9.06. The Morgan fingerprint density at radius 1 is 1.27 bits per heavy atom. The lowest BCUT2D eigenvalue weighted by Crippen LogP contribution is -2.43. The Kier molecular flexibility index (Phi) is 5.31. The van der Waals surface area contributed by atoms with Gasteiger partial charge >= 0.3 is 11.4 Å². The van der Waals surface area contributed by atoms with Crippen LogP contribution in [0.5, 0.6) is 0 Å². The first kappa shape index (κ1) is 20.8. The van der Waals surface area contributed by atoms with E-state index in [1.54, 1.807) is 4.57 Å². The fourth-order valence-corrected chi connectivity index (χ4v) is 5.17. The maximum Gasteiger partial charge on any atom is 0.343 e. The van der Waals surface area contributed by atoms with Crippen molar-refractivity contribution in [1.29, 1.82) is 0 Å². The van der Waals surface area contributed by atoms with Gasteiger partial charge in [0.25, 0.3) is 5.56 Å². The van der Waals surface area contributed by atoms with E-state index in [4.69, 9.17) is 4.74 Å². The van der Waals surface area contributed by atoms with Crippen LogP contribution in [0.3, 0.4) is 0 Å². The Balaban J connectivity index is 1.92. The van der Waals surface area contributed by atoms with Gasteiger partial charge in [-0.3, -0.25) is 18.9 Å². The molecule has 0 aromatic carbocycles. The van der Waals surface area contributed by atoms with Crippen LogP contribution in [0.25, 0.3) is 10.2 Å². The molecular formula is C20H27N5O4S. The molecule has 1 N–H and O–H groups in total. The number of aromatic amines is 1. The molecule has 0 aliphatic carbocycles. The maximum absolute atomic E-state index is 13.4. The summed E-state index contributed by atoms with van der Waals surface area (Å²) in [6, 6.07) is 0. The zero-order valence-electron chi connectivity index (χ0n) is 17.7. The molecule has 0 spiro atoms. The van der Waals surface area contributed by atoms with Crippen LogP contribution in [0, 0.1) is 12.3 Å². The number of thiophene rings is 1. The minimum absolute atomic E-state index is 0.0358. The quantitative estimate of drug-likeness (QED) is 0.659. The van der Waals surface area contributed by atoms with E-state index in [1.165, 1.54) is 26.9 Å². The highest BCUT2D eigenvalue weighted by Gasteiger charge is 2.25. The molecule has 3 aromatic heterocycles. The van der Waals surface area contributed by atoms with E-state index in [9.17, 15) is 14.4 Å². The molecule has 4 rings (SSSR count). The molecule has 0 radical (unpaired) electrons. The second kappa shape index (κ2) is 7.66. The molecule has 0 amide bonds. The van der Waals surface area contributed by atoms with Crippen LogP contribution in [0.1, 0.15) is 44.1 Å². The Morgan fingerprint density at radius 2 is 2.03 bits per heavy atom. The van der Waals surface area contributed by atoms with Gasteiger partial charge in [0.2, 0.25) is 0 Å². The Hall–Kier alpha value is -2.46. The van der Waals surface area contributed by atoms with E-state index in [2.05, 4.69) is 10.1 Å². The number of rotatable bonds is 5. The molecule has 0 saturated carbocycles. The monoisotopic (exact) mass is 433 g/mol. The summed E-state index contributed by atoms with van der Waals surface area (Å²) in [6.45, 7) is 9.57. The van der Waals surface area contributed by atoms with Crippen LogP contribution in [-0.4, -0.2) is 36.6 Å². The van der Waals surface area contributed by atoms with Crippen molar-refractivity contribution in [3.05, 3.63) is 48.1 Å². The number of fused-ring (bicyclic) bond motifs is 1. The summed E-state index contributed by atoms with van der Waals surface area (Å²) in [5, 5.41) is 4.56. The average Bonchev–Trinajstić information content (AvgIpc) is 3.38. The highest BCUT2D eigenvalue weighted by Crippen LogP contribution is 2.29. The van der Waals surface area contributed by atoms with E-state index in [0.717, 1.165) is 23.3 Å². The fraction of sp³-hybridized carbons (Fsp3) is 0.600. The van der Waals surface area contributed by atoms with Gasteiger partial charge in [0, 0.05) is 18.0 Å². The van der Waals surface area contributed by atoms with Crippen molar-refractivity contribution in [1.82, 2.24) is 23.9 Å². The van der Waals surface area contributed by atoms with Crippen molar-refractivity contribution < 1.29 is 4.74 Å². The number of hydrogen-bond donors (Lipinski definition) is 1. The standard InChI is InChI=1S/C20H27N5O4S/c1-12-14(9-25-18(27)21-11-22-25)30-17-15(12)16(26)24(10-20(2,3)4)19(28)23(17)8-13-6-5-7-29-13/h11,13H,5-10H2,1-4H3,(H,21,22,27). The summed E-state index contributed by atoms with van der Waals surface area (Å²) in [5.74, 6) is 0. The van der Waals surface area contributed by atoms with Crippen molar-refractivity contribution >= 4 is 21.6 Å². The van der Waals surface area contributed by atoms with Gasteiger partial charge in [0.05, 0.1) is 24.6 Å². The van der Waals surface area contributed by atoms with Gasteiger partial charge in [-0.25, -0.2) is 14.3 Å². The summed E-state index contributed by atoms with van der Waals surface area (Å²) < 4.78 is 10.1. The summed E-state index contributed by atoms with van der Waals surface area (Å²) >= 11 is 1.38. The van der Waals surface area contributed by atoms with Crippen LogP contribution < -0.4 is 16.9 Å². The smallest absolute Gasteiger partial charge is 0.343 e. The summed E-state index contributed by atoms with van der Waals surface area (Å²) in [7, 11) is 0. The van der Waals surface area contributed by atoms with Gasteiger partial charge in [0.1, 0.15) is 11.2 Å². The molecule has 0 bridgehead atoms. The number of nitrogens with one attached hydrogen (secondary N) is 1. The molecule has 9 nitrogen and oxygen atoms in total. The van der Waals surface area contributed by atoms with E-state index in [1.807, 2.05) is 27.7 Å². The first-order chi connectivity index (χ1) is 14.2.